The zero-order valence-corrected chi connectivity index (χ0v) is 12.0. The highest BCUT2D eigenvalue weighted by molar-refractivity contribution is 4.91. The van der Waals surface area contributed by atoms with E-state index in [-0.39, 0.29) is 6.10 Å². The Morgan fingerprint density at radius 1 is 1.06 bits per heavy atom. The average molecular weight is 251 g/mol. The van der Waals surface area contributed by atoms with Crippen LogP contribution in [0.3, 0.4) is 0 Å². The lowest BCUT2D eigenvalue weighted by molar-refractivity contribution is 0.000274. The molecule has 6 unspecified atom stereocenters. The van der Waals surface area contributed by atoms with Gasteiger partial charge in [-0.2, -0.15) is 0 Å². The molecule has 3 aliphatic rings. The molecule has 1 saturated heterocycles. The van der Waals surface area contributed by atoms with Crippen molar-refractivity contribution in [2.75, 3.05) is 19.6 Å². The molecule has 0 spiro atoms. The first-order chi connectivity index (χ1) is 8.63. The summed E-state index contributed by atoms with van der Waals surface area (Å²) in [5, 5.41) is 10.3. The maximum Gasteiger partial charge on any atom is 0.0585 e. The summed E-state index contributed by atoms with van der Waals surface area (Å²) in [6.45, 7) is 8.42. The Morgan fingerprint density at radius 2 is 1.72 bits per heavy atom. The van der Waals surface area contributed by atoms with E-state index in [1.165, 1.54) is 38.8 Å². The molecule has 1 aliphatic heterocycles. The van der Waals surface area contributed by atoms with E-state index in [0.29, 0.717) is 17.8 Å². The average Bonchev–Trinajstić information content (AvgIpc) is 2.83. The molecule has 2 saturated carbocycles. The lowest BCUT2D eigenvalue weighted by Gasteiger charge is -2.39. The van der Waals surface area contributed by atoms with Crippen molar-refractivity contribution in [2.24, 2.45) is 29.6 Å². The number of aliphatic hydroxyl groups excluding tert-OH is 1. The summed E-state index contributed by atoms with van der Waals surface area (Å²) in [6, 6.07) is 0. The predicted octanol–water partition coefficient (Wildman–Crippen LogP) is 2.76. The largest absolute Gasteiger partial charge is 0.393 e. The monoisotopic (exact) mass is 251 g/mol. The minimum Gasteiger partial charge on any atom is -0.393 e. The first-order valence-corrected chi connectivity index (χ1v) is 8.04. The van der Waals surface area contributed by atoms with E-state index in [1.54, 1.807) is 0 Å². The number of fused-ring (bicyclic) bond motifs is 1. The molecule has 0 aromatic heterocycles. The van der Waals surface area contributed by atoms with Crippen LogP contribution in [0, 0.1) is 29.6 Å². The van der Waals surface area contributed by atoms with Gasteiger partial charge in [-0.25, -0.2) is 0 Å². The Balaban J connectivity index is 1.56. The van der Waals surface area contributed by atoms with Crippen molar-refractivity contribution in [1.29, 1.82) is 0 Å². The Kier molecular flexibility index (Phi) is 3.68. The van der Waals surface area contributed by atoms with E-state index in [9.17, 15) is 5.11 Å². The number of aliphatic hydroxyl groups is 1. The molecule has 2 heteroatoms. The SMILES string of the molecule is CC1CC(C)C(CN2CC3CCCC3C2)C(O)C1. The zero-order chi connectivity index (χ0) is 12.7. The van der Waals surface area contributed by atoms with Crippen molar-refractivity contribution in [3.63, 3.8) is 0 Å². The second kappa shape index (κ2) is 5.13. The molecule has 2 nitrogen and oxygen atoms in total. The molecule has 104 valence electrons. The lowest BCUT2D eigenvalue weighted by atomic mass is 9.73. The van der Waals surface area contributed by atoms with Gasteiger partial charge >= 0.3 is 0 Å². The maximum absolute atomic E-state index is 10.3. The van der Waals surface area contributed by atoms with Crippen LogP contribution >= 0.6 is 0 Å². The molecule has 0 aromatic carbocycles. The van der Waals surface area contributed by atoms with Gasteiger partial charge in [-0.1, -0.05) is 20.3 Å². The number of likely N-dealkylation sites (tertiary alicyclic amines) is 1. The summed E-state index contributed by atoms with van der Waals surface area (Å²) >= 11 is 0. The van der Waals surface area contributed by atoms with Crippen molar-refractivity contribution in [1.82, 2.24) is 4.90 Å². The van der Waals surface area contributed by atoms with Crippen molar-refractivity contribution in [3.05, 3.63) is 0 Å². The second-order valence-electron chi connectivity index (χ2n) is 7.45. The van der Waals surface area contributed by atoms with Gasteiger partial charge in [-0.05, 0) is 49.4 Å². The van der Waals surface area contributed by atoms with Crippen LogP contribution in [0.1, 0.15) is 46.0 Å². The van der Waals surface area contributed by atoms with Crippen LogP contribution in [0.2, 0.25) is 0 Å². The minimum absolute atomic E-state index is 0.0517. The third-order valence-electron chi connectivity index (χ3n) is 5.91. The highest BCUT2D eigenvalue weighted by Gasteiger charge is 2.39. The van der Waals surface area contributed by atoms with E-state index in [4.69, 9.17) is 0 Å². The molecule has 1 heterocycles. The van der Waals surface area contributed by atoms with Crippen LogP contribution in [0.15, 0.2) is 0 Å². The quantitative estimate of drug-likeness (QED) is 0.816. The van der Waals surface area contributed by atoms with E-state index in [1.807, 2.05) is 0 Å². The lowest BCUT2D eigenvalue weighted by Crippen LogP contribution is -2.42. The van der Waals surface area contributed by atoms with E-state index in [0.717, 1.165) is 24.8 Å². The van der Waals surface area contributed by atoms with Crippen LogP contribution < -0.4 is 0 Å². The van der Waals surface area contributed by atoms with Crippen LogP contribution in [-0.2, 0) is 0 Å². The maximum atomic E-state index is 10.3. The number of hydrogen-bond donors (Lipinski definition) is 1. The molecule has 3 rings (SSSR count). The topological polar surface area (TPSA) is 23.5 Å². The van der Waals surface area contributed by atoms with E-state index >= 15 is 0 Å². The first kappa shape index (κ1) is 12.9. The van der Waals surface area contributed by atoms with Crippen LogP contribution in [0.4, 0.5) is 0 Å². The molecule has 6 atom stereocenters. The summed E-state index contributed by atoms with van der Waals surface area (Å²) in [5.74, 6) is 3.91. The number of hydrogen-bond acceptors (Lipinski definition) is 2. The Labute approximate surface area is 112 Å². The van der Waals surface area contributed by atoms with Gasteiger partial charge in [0, 0.05) is 25.6 Å². The first-order valence-electron chi connectivity index (χ1n) is 8.04. The molecule has 0 bridgehead atoms. The summed E-state index contributed by atoms with van der Waals surface area (Å²) < 4.78 is 0. The third-order valence-corrected chi connectivity index (χ3v) is 5.91. The Morgan fingerprint density at radius 3 is 2.33 bits per heavy atom. The normalized spacial score (nSPS) is 49.5. The zero-order valence-electron chi connectivity index (χ0n) is 12.0. The van der Waals surface area contributed by atoms with Crippen LogP contribution in [0.5, 0.6) is 0 Å². The molecular formula is C16H29NO. The van der Waals surface area contributed by atoms with Gasteiger partial charge < -0.3 is 10.0 Å². The summed E-state index contributed by atoms with van der Waals surface area (Å²) in [7, 11) is 0. The fourth-order valence-corrected chi connectivity index (χ4v) is 4.95. The van der Waals surface area contributed by atoms with Crippen molar-refractivity contribution >= 4 is 0 Å². The number of rotatable bonds is 2. The van der Waals surface area contributed by atoms with Gasteiger partial charge in [0.2, 0.25) is 0 Å². The Bertz CT molecular complexity index is 269. The third kappa shape index (κ3) is 2.46. The van der Waals surface area contributed by atoms with Crippen LogP contribution in [0.25, 0.3) is 0 Å². The molecule has 1 N–H and O–H groups in total. The molecule has 0 amide bonds. The standard InChI is InChI=1S/C16H29NO/c1-11-6-12(2)15(16(18)7-11)10-17-8-13-4-3-5-14(13)9-17/h11-16,18H,3-10H2,1-2H3. The number of nitrogens with zero attached hydrogens (tertiary/aromatic N) is 1. The minimum atomic E-state index is -0.0517. The highest BCUT2D eigenvalue weighted by atomic mass is 16.3. The van der Waals surface area contributed by atoms with Gasteiger partial charge in [0.05, 0.1) is 6.10 Å². The van der Waals surface area contributed by atoms with Gasteiger partial charge in [0.25, 0.3) is 0 Å². The van der Waals surface area contributed by atoms with Gasteiger partial charge in [-0.15, -0.1) is 0 Å². The summed E-state index contributed by atoms with van der Waals surface area (Å²) in [6.07, 6.45) is 6.66. The summed E-state index contributed by atoms with van der Waals surface area (Å²) in [5.41, 5.74) is 0. The van der Waals surface area contributed by atoms with Gasteiger partial charge in [0.1, 0.15) is 0 Å². The molecule has 0 aromatic rings. The second-order valence-corrected chi connectivity index (χ2v) is 7.45. The van der Waals surface area contributed by atoms with Gasteiger partial charge in [0.15, 0.2) is 0 Å². The van der Waals surface area contributed by atoms with E-state index in [2.05, 4.69) is 18.7 Å². The molecule has 2 aliphatic carbocycles. The predicted molar refractivity (Wildman–Crippen MR) is 74.3 cm³/mol. The van der Waals surface area contributed by atoms with Crippen molar-refractivity contribution < 1.29 is 5.11 Å². The molecular weight excluding hydrogens is 222 g/mol. The fourth-order valence-electron chi connectivity index (χ4n) is 4.95. The van der Waals surface area contributed by atoms with Gasteiger partial charge in [-0.3, -0.25) is 0 Å². The summed E-state index contributed by atoms with van der Waals surface area (Å²) in [4.78, 5) is 2.66. The van der Waals surface area contributed by atoms with Crippen molar-refractivity contribution in [2.45, 2.75) is 52.1 Å². The van der Waals surface area contributed by atoms with Crippen LogP contribution in [-0.4, -0.2) is 35.7 Å². The molecule has 0 radical (unpaired) electrons. The fraction of sp³-hybridized carbons (Fsp3) is 1.00. The van der Waals surface area contributed by atoms with E-state index < -0.39 is 0 Å². The Hall–Kier alpha value is -0.0800. The molecule has 18 heavy (non-hydrogen) atoms. The molecule has 3 fully saturated rings. The van der Waals surface area contributed by atoms with Crippen molar-refractivity contribution in [3.8, 4) is 0 Å². The highest BCUT2D eigenvalue weighted by Crippen LogP contribution is 2.40. The smallest absolute Gasteiger partial charge is 0.0585 e.